The Labute approximate surface area is 121 Å². The van der Waals surface area contributed by atoms with Crippen molar-refractivity contribution < 1.29 is 0 Å². The zero-order valence-electron chi connectivity index (χ0n) is 11.6. The Hall–Kier alpha value is -1.57. The van der Waals surface area contributed by atoms with Gasteiger partial charge < -0.3 is 0 Å². The number of allylic oxidation sites excluding steroid dienone is 2. The second kappa shape index (κ2) is 4.77. The van der Waals surface area contributed by atoms with Crippen molar-refractivity contribution in [3.63, 3.8) is 0 Å². The lowest BCUT2D eigenvalue weighted by molar-refractivity contribution is 0.698. The van der Waals surface area contributed by atoms with Crippen LogP contribution in [0.25, 0.3) is 6.08 Å². The van der Waals surface area contributed by atoms with Gasteiger partial charge in [0.2, 0.25) is 0 Å². The molecule has 0 bridgehead atoms. The first-order valence-electron chi connectivity index (χ1n) is 7.65. The Morgan fingerprint density at radius 1 is 1.05 bits per heavy atom. The molecule has 20 heavy (non-hydrogen) atoms. The zero-order valence-corrected chi connectivity index (χ0v) is 11.6. The number of aliphatic imine (C=N–C) groups is 1. The monoisotopic (exact) mass is 259 g/mol. The number of hydrogen-bond acceptors (Lipinski definition) is 1. The molecule has 2 heteroatoms. The van der Waals surface area contributed by atoms with Crippen LogP contribution < -0.4 is 0 Å². The number of benzene rings is 1. The van der Waals surface area contributed by atoms with E-state index in [1.807, 2.05) is 6.20 Å². The van der Waals surface area contributed by atoms with E-state index in [0.717, 1.165) is 11.5 Å². The van der Waals surface area contributed by atoms with E-state index in [4.69, 9.17) is 7.85 Å². The third-order valence-electron chi connectivity index (χ3n) is 5.02. The molecule has 0 spiro atoms. The summed E-state index contributed by atoms with van der Waals surface area (Å²) in [7, 11) is 6.17. The van der Waals surface area contributed by atoms with Crippen molar-refractivity contribution in [1.82, 2.24) is 0 Å². The van der Waals surface area contributed by atoms with E-state index in [0.29, 0.717) is 5.92 Å². The molecule has 1 aromatic carbocycles. The van der Waals surface area contributed by atoms with Gasteiger partial charge in [-0.25, -0.2) is 0 Å². The van der Waals surface area contributed by atoms with E-state index in [-0.39, 0.29) is 5.92 Å². The molecule has 1 heterocycles. The smallest absolute Gasteiger partial charge is 0.136 e. The molecule has 2 atom stereocenters. The molecule has 1 saturated carbocycles. The number of fused-ring (bicyclic) bond motifs is 3. The Bertz CT molecular complexity index is 620. The van der Waals surface area contributed by atoms with Gasteiger partial charge in [-0.2, -0.15) is 0 Å². The summed E-state index contributed by atoms with van der Waals surface area (Å²) < 4.78 is 0. The van der Waals surface area contributed by atoms with Crippen LogP contribution in [0.2, 0.25) is 0 Å². The van der Waals surface area contributed by atoms with Crippen molar-refractivity contribution in [2.75, 3.05) is 0 Å². The molecule has 4 rings (SSSR count). The molecule has 1 aliphatic heterocycles. The zero-order chi connectivity index (χ0) is 13.5. The second-order valence-electron chi connectivity index (χ2n) is 6.14. The van der Waals surface area contributed by atoms with Gasteiger partial charge in [0.05, 0.1) is 0 Å². The summed E-state index contributed by atoms with van der Waals surface area (Å²) in [5.74, 6) is 1.35. The van der Waals surface area contributed by atoms with Crippen LogP contribution in [0.4, 0.5) is 0 Å². The summed E-state index contributed by atoms with van der Waals surface area (Å²) in [5.41, 5.74) is 5.06. The summed E-state index contributed by atoms with van der Waals surface area (Å²) >= 11 is 0. The average Bonchev–Trinajstić information content (AvgIpc) is 3.00. The largest absolute Gasteiger partial charge is 0.277 e. The van der Waals surface area contributed by atoms with Crippen LogP contribution in [-0.4, -0.2) is 13.5 Å². The van der Waals surface area contributed by atoms with Crippen LogP contribution in [0, 0.1) is 5.92 Å². The highest BCUT2D eigenvalue weighted by atomic mass is 14.7. The molecule has 2 aliphatic carbocycles. The third kappa shape index (κ3) is 1.82. The van der Waals surface area contributed by atoms with Crippen molar-refractivity contribution >= 4 is 19.5 Å². The van der Waals surface area contributed by atoms with Crippen LogP contribution in [0.5, 0.6) is 0 Å². The van der Waals surface area contributed by atoms with Gasteiger partial charge in [-0.15, -0.1) is 0 Å². The van der Waals surface area contributed by atoms with Crippen LogP contribution in [0.3, 0.4) is 0 Å². The number of rotatable bonds is 1. The van der Waals surface area contributed by atoms with Crippen LogP contribution in [-0.2, 0) is 0 Å². The van der Waals surface area contributed by atoms with Crippen molar-refractivity contribution in [3.05, 3.63) is 53.2 Å². The van der Waals surface area contributed by atoms with Crippen molar-refractivity contribution in [3.8, 4) is 0 Å². The van der Waals surface area contributed by atoms with Crippen molar-refractivity contribution in [2.45, 2.75) is 37.5 Å². The first-order valence-corrected chi connectivity index (χ1v) is 7.65. The fourth-order valence-electron chi connectivity index (χ4n) is 4.02. The van der Waals surface area contributed by atoms with Gasteiger partial charge >= 0.3 is 0 Å². The Morgan fingerprint density at radius 2 is 1.85 bits per heavy atom. The summed E-state index contributed by atoms with van der Waals surface area (Å²) in [5, 5.41) is 0. The lowest BCUT2D eigenvalue weighted by Gasteiger charge is -2.32. The lowest BCUT2D eigenvalue weighted by atomic mass is 9.69. The van der Waals surface area contributed by atoms with E-state index >= 15 is 0 Å². The van der Waals surface area contributed by atoms with Gasteiger partial charge in [0.25, 0.3) is 0 Å². The summed E-state index contributed by atoms with van der Waals surface area (Å²) in [6, 6.07) is 6.75. The van der Waals surface area contributed by atoms with Gasteiger partial charge in [-0.1, -0.05) is 49.3 Å². The minimum absolute atomic E-state index is 0.237. The normalized spacial score (nSPS) is 28.1. The van der Waals surface area contributed by atoms with Gasteiger partial charge in [0, 0.05) is 18.0 Å². The minimum atomic E-state index is 0.237. The molecule has 2 unspecified atom stereocenters. The highest BCUT2D eigenvalue weighted by Crippen LogP contribution is 2.43. The van der Waals surface area contributed by atoms with E-state index in [2.05, 4.69) is 41.4 Å². The fourth-order valence-corrected chi connectivity index (χ4v) is 4.02. The molecule has 0 saturated heterocycles. The molecule has 1 aromatic rings. The summed E-state index contributed by atoms with van der Waals surface area (Å²) in [4.78, 5) is 4.32. The predicted molar refractivity (Wildman–Crippen MR) is 85.2 cm³/mol. The summed E-state index contributed by atoms with van der Waals surface area (Å²) in [6.45, 7) is 0. The molecule has 0 amide bonds. The maximum atomic E-state index is 6.17. The van der Waals surface area contributed by atoms with Crippen molar-refractivity contribution in [2.24, 2.45) is 10.9 Å². The molecule has 2 radical (unpaired) electrons. The van der Waals surface area contributed by atoms with E-state index in [1.54, 1.807) is 0 Å². The van der Waals surface area contributed by atoms with E-state index in [1.165, 1.54) is 42.4 Å². The third-order valence-corrected chi connectivity index (χ3v) is 5.02. The van der Waals surface area contributed by atoms with Crippen LogP contribution in [0.15, 0.2) is 41.5 Å². The highest BCUT2D eigenvalue weighted by Gasteiger charge is 2.30. The van der Waals surface area contributed by atoms with E-state index < -0.39 is 0 Å². The maximum Gasteiger partial charge on any atom is 0.136 e. The minimum Gasteiger partial charge on any atom is -0.277 e. The first-order chi connectivity index (χ1) is 9.84. The fraction of sp³-hybridized carbons (Fsp3) is 0.389. The second-order valence-corrected chi connectivity index (χ2v) is 6.14. The Kier molecular flexibility index (Phi) is 2.91. The predicted octanol–water partition coefficient (Wildman–Crippen LogP) is 4.17. The van der Waals surface area contributed by atoms with Gasteiger partial charge in [-0.3, -0.25) is 4.99 Å². The number of hydrogen-bond donors (Lipinski definition) is 0. The quantitative estimate of drug-likeness (QED) is 0.671. The highest BCUT2D eigenvalue weighted by molar-refractivity contribution is 6.61. The molecule has 0 aromatic heterocycles. The SMILES string of the molecule is [B]C1=NC=CC2C=Cc3c(C4CCCC4)cccc3C12. The summed E-state index contributed by atoms with van der Waals surface area (Å²) in [6.07, 6.45) is 14.0. The van der Waals surface area contributed by atoms with Gasteiger partial charge in [0.15, 0.2) is 0 Å². The Balaban J connectivity index is 1.83. The molecular weight excluding hydrogens is 241 g/mol. The topological polar surface area (TPSA) is 12.4 Å². The standard InChI is InChI=1S/C18H18BN/c19-18-17-13(10-11-20-18)8-9-15-14(6-3-7-16(15)17)12-4-1-2-5-12/h3,6-13,17H,1-2,4-5H2. The first kappa shape index (κ1) is 12.2. The van der Waals surface area contributed by atoms with Gasteiger partial charge in [-0.05, 0) is 41.1 Å². The molecular formula is C18H18BN. The van der Waals surface area contributed by atoms with Crippen molar-refractivity contribution in [1.29, 1.82) is 0 Å². The lowest BCUT2D eigenvalue weighted by Crippen LogP contribution is -2.25. The van der Waals surface area contributed by atoms with Gasteiger partial charge in [0.1, 0.15) is 7.85 Å². The van der Waals surface area contributed by atoms with E-state index in [9.17, 15) is 0 Å². The molecule has 0 N–H and O–H groups in total. The molecule has 1 fully saturated rings. The average molecular weight is 259 g/mol. The Morgan fingerprint density at radius 3 is 2.70 bits per heavy atom. The molecule has 1 nitrogen and oxygen atoms in total. The molecule has 3 aliphatic rings. The van der Waals surface area contributed by atoms with Crippen LogP contribution in [0.1, 0.15) is 54.2 Å². The molecule has 98 valence electrons. The van der Waals surface area contributed by atoms with Crippen LogP contribution >= 0.6 is 0 Å². The maximum absolute atomic E-state index is 6.17. The number of nitrogens with zero attached hydrogens (tertiary/aromatic N) is 1.